The highest BCUT2D eigenvalue weighted by Crippen LogP contribution is 2.33. The zero-order valence-electron chi connectivity index (χ0n) is 43.1. The summed E-state index contributed by atoms with van der Waals surface area (Å²) in [5.41, 5.74) is 3.79. The van der Waals surface area contributed by atoms with E-state index in [4.69, 9.17) is 51.6 Å². The van der Waals surface area contributed by atoms with Crippen LogP contribution in [-0.2, 0) is 0 Å². The molecule has 0 atom stereocenters. The van der Waals surface area contributed by atoms with E-state index in [0.29, 0.717) is 74.9 Å². The summed E-state index contributed by atoms with van der Waals surface area (Å²) in [5.74, 6) is 0.0293. The lowest BCUT2D eigenvalue weighted by molar-refractivity contribution is 0.0724. The van der Waals surface area contributed by atoms with Crippen molar-refractivity contribution in [3.63, 3.8) is 0 Å². The smallest absolute Gasteiger partial charge is 0.343 e. The maximum absolute atomic E-state index is 13.4. The number of benzene rings is 8. The minimum atomic E-state index is -0.590. The van der Waals surface area contributed by atoms with Crippen LogP contribution in [0, 0.1) is 0 Å². The molecule has 0 aliphatic rings. The second-order valence-electron chi connectivity index (χ2n) is 18.1. The van der Waals surface area contributed by atoms with Crippen LogP contribution in [0.25, 0.3) is 10.8 Å². The normalized spacial score (nSPS) is 11.2. The molecule has 396 valence electrons. The largest absolute Gasteiger partial charge is 0.494 e. The minimum absolute atomic E-state index is 0.196. The molecule has 0 spiro atoms. The predicted octanol–water partition coefficient (Wildman–Crippen LogP) is 16.4. The van der Waals surface area contributed by atoms with E-state index in [1.165, 1.54) is 12.8 Å². The molecule has 0 fully saturated rings. The van der Waals surface area contributed by atoms with Crippen molar-refractivity contribution in [1.82, 2.24) is 0 Å². The van der Waals surface area contributed by atoms with Gasteiger partial charge in [-0.3, -0.25) is 9.98 Å². The summed E-state index contributed by atoms with van der Waals surface area (Å²) < 4.78 is 34.3. The Kier molecular flexibility index (Phi) is 20.0. The fraction of sp³-hybridized carbons (Fsp3) is 0.188. The van der Waals surface area contributed by atoms with E-state index < -0.39 is 23.9 Å². The van der Waals surface area contributed by atoms with Crippen LogP contribution in [0.3, 0.4) is 0 Å². The number of unbranched alkanes of at least 4 members (excludes halogenated alkanes) is 6. The molecule has 8 aromatic rings. The standard InChI is InChI=1S/C64H56Cl2N2O10/c1-3-5-7-9-36-73-52-29-23-48(24-30-52)63(71)77-59-34-27-50(38-56(59)65)67-41-43-14-18-46(19-15-43)61(69)75-54-33-22-45-12-11-13-58(55(45)40-54)76-62(70)47-20-16-44(17-21-47)42-68-51-28-35-60(57(66)39-51)78-64(72)49-25-31-53(32-26-49)74-37-10-8-6-4-2/h11-35,38-42H,3-10,36-37H2,1-2H3. The van der Waals surface area contributed by atoms with E-state index >= 15 is 0 Å². The first-order valence-electron chi connectivity index (χ1n) is 25.8. The molecule has 0 heterocycles. The number of carbonyl (C=O) groups excluding carboxylic acids is 4. The lowest BCUT2D eigenvalue weighted by Gasteiger charge is -2.10. The van der Waals surface area contributed by atoms with E-state index in [2.05, 4.69) is 23.8 Å². The average molecular weight is 1080 g/mol. The van der Waals surface area contributed by atoms with Gasteiger partial charge in [0.05, 0.1) is 56.9 Å². The van der Waals surface area contributed by atoms with Crippen LogP contribution in [-0.4, -0.2) is 49.5 Å². The van der Waals surface area contributed by atoms with Gasteiger partial charge < -0.3 is 28.4 Å². The molecule has 0 bridgehead atoms. The quantitative estimate of drug-likeness (QED) is 0.0248. The van der Waals surface area contributed by atoms with Crippen LogP contribution in [0.4, 0.5) is 11.4 Å². The van der Waals surface area contributed by atoms with Crippen LogP contribution in [0.1, 0.15) is 118 Å². The molecule has 0 aliphatic carbocycles. The van der Waals surface area contributed by atoms with Crippen molar-refractivity contribution in [3.8, 4) is 34.5 Å². The number of carbonyl (C=O) groups is 4. The first-order valence-corrected chi connectivity index (χ1v) is 26.5. The zero-order valence-corrected chi connectivity index (χ0v) is 44.6. The van der Waals surface area contributed by atoms with Gasteiger partial charge in [-0.2, -0.15) is 0 Å². The molecule has 12 nitrogen and oxygen atoms in total. The number of ether oxygens (including phenoxy) is 6. The highest BCUT2D eigenvalue weighted by atomic mass is 35.5. The number of nitrogens with zero attached hydrogens (tertiary/aromatic N) is 2. The Labute approximate surface area is 463 Å². The van der Waals surface area contributed by atoms with Gasteiger partial charge in [0.15, 0.2) is 0 Å². The highest BCUT2D eigenvalue weighted by Gasteiger charge is 2.17. The fourth-order valence-electron chi connectivity index (χ4n) is 7.84. The third-order valence-electron chi connectivity index (χ3n) is 12.2. The predicted molar refractivity (Wildman–Crippen MR) is 306 cm³/mol. The van der Waals surface area contributed by atoms with Crippen molar-refractivity contribution >= 4 is 81.7 Å². The van der Waals surface area contributed by atoms with Gasteiger partial charge in [-0.25, -0.2) is 19.2 Å². The molecular formula is C64H56Cl2N2O10. The number of hydrogen-bond acceptors (Lipinski definition) is 12. The van der Waals surface area contributed by atoms with Crippen LogP contribution >= 0.6 is 23.2 Å². The summed E-state index contributed by atoms with van der Waals surface area (Å²) in [6.45, 7) is 5.58. The molecule has 14 heteroatoms. The van der Waals surface area contributed by atoms with Crippen LogP contribution in [0.5, 0.6) is 34.5 Å². The Balaban J connectivity index is 0.807. The van der Waals surface area contributed by atoms with Crippen molar-refractivity contribution in [2.75, 3.05) is 13.2 Å². The molecule has 0 saturated heterocycles. The molecular weight excluding hydrogens is 1030 g/mol. The molecule has 8 rings (SSSR count). The van der Waals surface area contributed by atoms with Gasteiger partial charge in [0.1, 0.15) is 34.5 Å². The molecule has 78 heavy (non-hydrogen) atoms. The van der Waals surface area contributed by atoms with Gasteiger partial charge in [-0.05, 0) is 157 Å². The van der Waals surface area contributed by atoms with Crippen molar-refractivity contribution in [1.29, 1.82) is 0 Å². The molecule has 0 aliphatic heterocycles. The molecule has 0 radical (unpaired) electrons. The van der Waals surface area contributed by atoms with Crippen LogP contribution in [0.2, 0.25) is 10.0 Å². The Hall–Kier alpha value is -8.58. The first-order chi connectivity index (χ1) is 38.0. The van der Waals surface area contributed by atoms with E-state index in [9.17, 15) is 19.2 Å². The number of fused-ring (bicyclic) bond motifs is 1. The lowest BCUT2D eigenvalue weighted by Crippen LogP contribution is -2.09. The Bertz CT molecular complexity index is 3420. The molecule has 0 amide bonds. The summed E-state index contributed by atoms with van der Waals surface area (Å²) in [5, 5.41) is 1.75. The van der Waals surface area contributed by atoms with E-state index in [1.54, 1.807) is 176 Å². The Morgan fingerprint density at radius 3 is 1.26 bits per heavy atom. The number of hydrogen-bond donors (Lipinski definition) is 0. The van der Waals surface area contributed by atoms with Gasteiger partial charge in [0.25, 0.3) is 0 Å². The maximum Gasteiger partial charge on any atom is 0.343 e. The zero-order chi connectivity index (χ0) is 54.6. The minimum Gasteiger partial charge on any atom is -0.494 e. The summed E-state index contributed by atoms with van der Waals surface area (Å²) in [6.07, 6.45) is 12.1. The molecule has 8 aromatic carbocycles. The van der Waals surface area contributed by atoms with Crippen molar-refractivity contribution in [2.45, 2.75) is 65.2 Å². The third-order valence-corrected chi connectivity index (χ3v) is 12.8. The van der Waals surface area contributed by atoms with Gasteiger partial charge >= 0.3 is 23.9 Å². The van der Waals surface area contributed by atoms with E-state index in [1.807, 2.05) is 6.07 Å². The van der Waals surface area contributed by atoms with Crippen LogP contribution in [0.15, 0.2) is 180 Å². The summed E-state index contributed by atoms with van der Waals surface area (Å²) in [6, 6.07) is 47.1. The summed E-state index contributed by atoms with van der Waals surface area (Å²) in [4.78, 5) is 61.3. The third kappa shape index (κ3) is 16.0. The molecule has 0 unspecified atom stereocenters. The average Bonchev–Trinajstić information content (AvgIpc) is 3.49. The number of aliphatic imine (C=N–C) groups is 2. The topological polar surface area (TPSA) is 148 Å². The SMILES string of the molecule is CCCCCCOc1ccc(C(=O)Oc2ccc(N=Cc3ccc(C(=O)Oc4ccc5cccc(OC(=O)c6ccc(C=Nc7ccc(OC(=O)c8ccc(OCCCCCC)cc8)c(Cl)c7)cc6)c5c4)cc3)cc2Cl)cc1. The second kappa shape index (κ2) is 28.0. The second-order valence-corrected chi connectivity index (χ2v) is 18.9. The van der Waals surface area contributed by atoms with Crippen molar-refractivity contribution in [2.24, 2.45) is 9.98 Å². The first kappa shape index (κ1) is 55.6. The van der Waals surface area contributed by atoms with Crippen molar-refractivity contribution < 1.29 is 47.6 Å². The number of rotatable bonds is 24. The Morgan fingerprint density at radius 2 is 0.821 bits per heavy atom. The van der Waals surface area contributed by atoms with E-state index in [-0.39, 0.29) is 33.0 Å². The van der Waals surface area contributed by atoms with Gasteiger partial charge in [-0.15, -0.1) is 0 Å². The van der Waals surface area contributed by atoms with Crippen LogP contribution < -0.4 is 28.4 Å². The van der Waals surface area contributed by atoms with Crippen molar-refractivity contribution in [3.05, 3.63) is 213 Å². The maximum atomic E-state index is 13.4. The lowest BCUT2D eigenvalue weighted by atomic mass is 10.1. The number of halogens is 2. The summed E-state index contributed by atoms with van der Waals surface area (Å²) >= 11 is 13.0. The van der Waals surface area contributed by atoms with Gasteiger partial charge in [0, 0.05) is 17.8 Å². The molecule has 0 N–H and O–H groups in total. The molecule has 0 saturated carbocycles. The highest BCUT2D eigenvalue weighted by molar-refractivity contribution is 6.33. The monoisotopic (exact) mass is 1080 g/mol. The Morgan fingerprint density at radius 1 is 0.410 bits per heavy atom. The van der Waals surface area contributed by atoms with E-state index in [0.717, 1.165) is 43.9 Å². The fourth-order valence-corrected chi connectivity index (χ4v) is 8.27. The van der Waals surface area contributed by atoms with Gasteiger partial charge in [-0.1, -0.05) is 118 Å². The number of esters is 4. The van der Waals surface area contributed by atoms with Gasteiger partial charge in [0.2, 0.25) is 0 Å². The summed E-state index contributed by atoms with van der Waals surface area (Å²) in [7, 11) is 0. The molecule has 0 aromatic heterocycles.